The van der Waals surface area contributed by atoms with Gasteiger partial charge in [-0.3, -0.25) is 9.32 Å². The fourth-order valence-corrected chi connectivity index (χ4v) is 3.67. The summed E-state index contributed by atoms with van der Waals surface area (Å²) in [6.45, 7) is 5.20. The van der Waals surface area contributed by atoms with E-state index < -0.39 is 7.82 Å². The molecule has 0 aromatic heterocycles. The van der Waals surface area contributed by atoms with Gasteiger partial charge in [-0.05, 0) is 37.5 Å². The molecule has 1 rings (SSSR count). The van der Waals surface area contributed by atoms with E-state index in [0.29, 0.717) is 26.0 Å². The summed E-state index contributed by atoms with van der Waals surface area (Å²) < 4.78 is 21.0. The first kappa shape index (κ1) is 30.6. The minimum atomic E-state index is -4.51. The van der Waals surface area contributed by atoms with Gasteiger partial charge in [0.15, 0.2) is 0 Å². The van der Waals surface area contributed by atoms with Gasteiger partial charge in [-0.1, -0.05) is 64.0 Å². The van der Waals surface area contributed by atoms with Gasteiger partial charge in [-0.2, -0.15) is 0 Å². The van der Waals surface area contributed by atoms with E-state index in [-0.39, 0.29) is 25.2 Å². The number of rotatable bonds is 18. The van der Waals surface area contributed by atoms with Crippen LogP contribution in [0.5, 0.6) is 5.75 Å². The predicted molar refractivity (Wildman–Crippen MR) is 128 cm³/mol. The van der Waals surface area contributed by atoms with Crippen molar-refractivity contribution in [1.29, 1.82) is 0 Å². The minimum absolute atomic E-state index is 0. The quantitative estimate of drug-likeness (QED) is 0.195. The number of carbonyl (C=O) groups is 1. The Kier molecular flexibility index (Phi) is 17.2. The monoisotopic (exact) mass is 474 g/mol. The van der Waals surface area contributed by atoms with E-state index in [1.165, 1.54) is 49.8 Å². The molecule has 0 radical (unpaired) electrons. The van der Waals surface area contributed by atoms with Crippen LogP contribution >= 0.6 is 7.82 Å². The van der Waals surface area contributed by atoms with E-state index in [2.05, 4.69) is 11.4 Å². The van der Waals surface area contributed by atoms with Gasteiger partial charge in [0, 0.05) is 19.5 Å². The number of amides is 1. The Bertz CT molecular complexity index is 668. The second kappa shape index (κ2) is 18.0. The van der Waals surface area contributed by atoms with Gasteiger partial charge in [0.2, 0.25) is 5.91 Å². The summed E-state index contributed by atoms with van der Waals surface area (Å²) in [5.41, 5.74) is 1.03. The Morgan fingerprint density at radius 2 is 1.66 bits per heavy atom. The van der Waals surface area contributed by atoms with Crippen LogP contribution < -0.4 is 10.9 Å². The molecule has 5 N–H and O–H groups in total. The van der Waals surface area contributed by atoms with Gasteiger partial charge >= 0.3 is 7.82 Å². The maximum absolute atomic E-state index is 12.4. The Balaban J connectivity index is 0.00000961. The van der Waals surface area contributed by atoms with Crippen LogP contribution in [0.25, 0.3) is 0 Å². The molecule has 0 aliphatic rings. The molecule has 0 aliphatic carbocycles. The van der Waals surface area contributed by atoms with Crippen molar-refractivity contribution in [1.82, 2.24) is 11.1 Å². The van der Waals surface area contributed by atoms with E-state index in [9.17, 15) is 9.36 Å². The van der Waals surface area contributed by atoms with Crippen molar-refractivity contribution in [2.75, 3.05) is 26.3 Å². The number of phosphoric ester groups is 1. The van der Waals surface area contributed by atoms with Crippen molar-refractivity contribution in [2.45, 2.75) is 78.1 Å². The molecule has 1 amide bonds. The third-order valence-electron chi connectivity index (χ3n) is 5.15. The molecular formula is C23H43N2O6P. The van der Waals surface area contributed by atoms with Crippen molar-refractivity contribution < 1.29 is 28.4 Å². The molecule has 0 saturated carbocycles. The zero-order valence-electron chi connectivity index (χ0n) is 19.8. The molecule has 0 atom stereocenters. The van der Waals surface area contributed by atoms with E-state index >= 15 is 0 Å². The molecule has 0 spiro atoms. The van der Waals surface area contributed by atoms with Crippen LogP contribution in [-0.4, -0.2) is 46.9 Å². The largest absolute Gasteiger partial charge is 0.494 e. The van der Waals surface area contributed by atoms with Crippen LogP contribution in [-0.2, 0) is 20.3 Å². The van der Waals surface area contributed by atoms with Gasteiger partial charge in [0.25, 0.3) is 0 Å². The van der Waals surface area contributed by atoms with Gasteiger partial charge in [0.1, 0.15) is 5.75 Å². The normalized spacial score (nSPS) is 11.1. The average molecular weight is 475 g/mol. The maximum atomic E-state index is 12.4. The van der Waals surface area contributed by atoms with Crippen molar-refractivity contribution in [2.24, 2.45) is 0 Å². The number of likely N-dealkylation sites (N-methyl/N-ethyl adjacent to an activating group) is 1. The van der Waals surface area contributed by atoms with Crippen molar-refractivity contribution >= 4 is 13.7 Å². The summed E-state index contributed by atoms with van der Waals surface area (Å²) in [6.07, 6.45) is 11.0. The molecule has 0 unspecified atom stereocenters. The van der Waals surface area contributed by atoms with E-state index in [1.54, 1.807) is 0 Å². The maximum Gasteiger partial charge on any atom is 0.469 e. The molecular weight excluding hydrogens is 431 g/mol. The minimum Gasteiger partial charge on any atom is -0.494 e. The fourth-order valence-electron chi connectivity index (χ4n) is 3.36. The number of phosphoric acid groups is 1. The number of aryl methyl sites for hydroxylation is 1. The molecule has 8 nitrogen and oxygen atoms in total. The smallest absolute Gasteiger partial charge is 0.469 e. The molecule has 32 heavy (non-hydrogen) atoms. The van der Waals surface area contributed by atoms with Gasteiger partial charge in [-0.25, -0.2) is 4.57 Å². The Hall–Kier alpha value is -1.44. The number of unbranched alkanes of at least 4 members (excludes halogenated alkanes) is 7. The van der Waals surface area contributed by atoms with Crippen LogP contribution in [0.15, 0.2) is 24.3 Å². The highest BCUT2D eigenvalue weighted by atomic mass is 31.2. The summed E-state index contributed by atoms with van der Waals surface area (Å²) in [7, 11) is -4.51. The highest BCUT2D eigenvalue weighted by Gasteiger charge is 2.16. The molecule has 186 valence electrons. The third kappa shape index (κ3) is 15.4. The fraction of sp³-hybridized carbons (Fsp3) is 0.696. The lowest BCUT2D eigenvalue weighted by Gasteiger charge is -2.21. The van der Waals surface area contributed by atoms with Crippen molar-refractivity contribution in [3.63, 3.8) is 0 Å². The first-order valence-electron chi connectivity index (χ1n) is 11.5. The number of carbonyl (C=O) groups excluding carboxylic acids is 1. The molecule has 1 aromatic rings. The van der Waals surface area contributed by atoms with Crippen molar-refractivity contribution in [3.8, 4) is 5.75 Å². The Morgan fingerprint density at radius 1 is 1.00 bits per heavy atom. The van der Waals surface area contributed by atoms with Gasteiger partial charge < -0.3 is 25.6 Å². The zero-order valence-corrected chi connectivity index (χ0v) is 20.7. The highest BCUT2D eigenvalue weighted by molar-refractivity contribution is 7.46. The van der Waals surface area contributed by atoms with Crippen LogP contribution in [0.1, 0.15) is 77.2 Å². The van der Waals surface area contributed by atoms with Crippen molar-refractivity contribution in [3.05, 3.63) is 29.8 Å². The third-order valence-corrected chi connectivity index (χ3v) is 5.67. The van der Waals surface area contributed by atoms with Gasteiger partial charge in [0.05, 0.1) is 13.2 Å². The van der Waals surface area contributed by atoms with Crippen LogP contribution in [0.2, 0.25) is 0 Å². The Labute approximate surface area is 193 Å². The zero-order chi connectivity index (χ0) is 23.0. The van der Waals surface area contributed by atoms with E-state index in [0.717, 1.165) is 17.7 Å². The standard InChI is InChI=1S/C23H40NO6P.H3N/c1-3-5-6-7-8-9-10-11-18-29-22-14-12-13-21(20-22)15-16-23(25)24(4-2)17-19-30-31(26,27)28;/h12-14,20H,3-11,15-19H2,1-2H3,(H2,26,27,28);1H3. The number of hydrogen-bond acceptors (Lipinski definition) is 5. The summed E-state index contributed by atoms with van der Waals surface area (Å²) in [4.78, 5) is 31.4. The first-order chi connectivity index (χ1) is 14.9. The topological polar surface area (TPSA) is 131 Å². The SMILES string of the molecule is CCCCCCCCCCOc1cccc(CCC(=O)N(CC)CCOP(=O)(O)O)c1.N. The summed E-state index contributed by atoms with van der Waals surface area (Å²) >= 11 is 0. The summed E-state index contributed by atoms with van der Waals surface area (Å²) in [6, 6.07) is 7.83. The number of ether oxygens (including phenoxy) is 1. The first-order valence-corrected chi connectivity index (χ1v) is 13.1. The van der Waals surface area contributed by atoms with Gasteiger partial charge in [-0.15, -0.1) is 0 Å². The van der Waals surface area contributed by atoms with E-state index in [1.807, 2.05) is 31.2 Å². The average Bonchev–Trinajstić information content (AvgIpc) is 2.73. The van der Waals surface area contributed by atoms with Crippen LogP contribution in [0.3, 0.4) is 0 Å². The van der Waals surface area contributed by atoms with Crippen LogP contribution in [0, 0.1) is 0 Å². The Morgan fingerprint density at radius 3 is 2.28 bits per heavy atom. The van der Waals surface area contributed by atoms with Crippen LogP contribution in [0.4, 0.5) is 0 Å². The number of nitrogens with zero attached hydrogens (tertiary/aromatic N) is 1. The molecule has 0 aliphatic heterocycles. The molecule has 0 bridgehead atoms. The molecule has 1 aromatic carbocycles. The highest BCUT2D eigenvalue weighted by Crippen LogP contribution is 2.35. The van der Waals surface area contributed by atoms with E-state index in [4.69, 9.17) is 14.5 Å². The second-order valence-electron chi connectivity index (χ2n) is 7.77. The lowest BCUT2D eigenvalue weighted by Crippen LogP contribution is -2.33. The summed E-state index contributed by atoms with van der Waals surface area (Å²) in [5.74, 6) is 0.761. The second-order valence-corrected chi connectivity index (χ2v) is 9.01. The lowest BCUT2D eigenvalue weighted by atomic mass is 10.1. The predicted octanol–water partition coefficient (Wildman–Crippen LogP) is 5.26. The molecule has 0 heterocycles. The molecule has 0 saturated heterocycles. The molecule has 0 fully saturated rings. The lowest BCUT2D eigenvalue weighted by molar-refractivity contribution is -0.131. The number of hydrogen-bond donors (Lipinski definition) is 3. The molecule has 9 heteroatoms. The summed E-state index contributed by atoms with van der Waals surface area (Å²) in [5, 5.41) is 0. The number of benzene rings is 1.